The van der Waals surface area contributed by atoms with E-state index in [1.807, 2.05) is 0 Å². The molecule has 1 aromatic carbocycles. The van der Waals surface area contributed by atoms with E-state index in [1.165, 1.54) is 29.8 Å². The predicted molar refractivity (Wildman–Crippen MR) is 49.6 cm³/mol. The van der Waals surface area contributed by atoms with E-state index in [2.05, 4.69) is 37.4 Å². The predicted octanol–water partition coefficient (Wildman–Crippen LogP) is 1.20. The molecule has 0 aromatic heterocycles. The highest BCUT2D eigenvalue weighted by molar-refractivity contribution is 5.17. The SMILES string of the molecule is [CH2-][NH+]1CCCC1c1ccccc1. The Morgan fingerprint density at radius 3 is 2.58 bits per heavy atom. The van der Waals surface area contributed by atoms with Crippen LogP contribution < -0.4 is 4.90 Å². The average molecular weight is 161 g/mol. The Balaban J connectivity index is 2.19. The number of hydrogen-bond acceptors (Lipinski definition) is 0. The first-order chi connectivity index (χ1) is 5.88. The van der Waals surface area contributed by atoms with Crippen LogP contribution in [0.4, 0.5) is 0 Å². The number of likely N-dealkylation sites (tertiary alicyclic amines) is 1. The molecule has 64 valence electrons. The smallest absolute Gasteiger partial charge is 0.0893 e. The third-order valence-corrected chi connectivity index (χ3v) is 2.69. The fourth-order valence-corrected chi connectivity index (χ4v) is 2.00. The van der Waals surface area contributed by atoms with Crippen LogP contribution in [0.25, 0.3) is 0 Å². The van der Waals surface area contributed by atoms with E-state index in [0.29, 0.717) is 6.04 Å². The van der Waals surface area contributed by atoms with E-state index in [4.69, 9.17) is 0 Å². The molecule has 12 heavy (non-hydrogen) atoms. The zero-order valence-corrected chi connectivity index (χ0v) is 7.29. The number of benzene rings is 1. The summed E-state index contributed by atoms with van der Waals surface area (Å²) in [5.41, 5.74) is 1.44. The van der Waals surface area contributed by atoms with Crippen molar-refractivity contribution in [1.29, 1.82) is 0 Å². The van der Waals surface area contributed by atoms with Gasteiger partial charge in [0.15, 0.2) is 0 Å². The maximum absolute atomic E-state index is 4.11. The zero-order valence-electron chi connectivity index (χ0n) is 7.29. The van der Waals surface area contributed by atoms with Gasteiger partial charge in [0.1, 0.15) is 0 Å². The van der Waals surface area contributed by atoms with E-state index in [1.54, 1.807) is 0 Å². The molecule has 1 aliphatic heterocycles. The van der Waals surface area contributed by atoms with Crippen LogP contribution in [0.15, 0.2) is 30.3 Å². The van der Waals surface area contributed by atoms with E-state index in [9.17, 15) is 0 Å². The molecule has 1 heteroatoms. The highest BCUT2D eigenvalue weighted by Crippen LogP contribution is 2.17. The molecule has 0 amide bonds. The maximum atomic E-state index is 4.11. The van der Waals surface area contributed by atoms with Gasteiger partial charge in [0.25, 0.3) is 0 Å². The van der Waals surface area contributed by atoms with E-state index < -0.39 is 0 Å². The quantitative estimate of drug-likeness (QED) is 0.590. The molecule has 1 heterocycles. The van der Waals surface area contributed by atoms with Gasteiger partial charge in [0.2, 0.25) is 0 Å². The molecular formula is C11H15N. The summed E-state index contributed by atoms with van der Waals surface area (Å²) in [5.74, 6) is 0. The number of quaternary nitrogens is 1. The van der Waals surface area contributed by atoms with E-state index in [0.717, 1.165) is 0 Å². The van der Waals surface area contributed by atoms with Crippen LogP contribution in [0.1, 0.15) is 24.4 Å². The van der Waals surface area contributed by atoms with Crippen LogP contribution >= 0.6 is 0 Å². The number of nitrogens with one attached hydrogen (secondary N) is 1. The third kappa shape index (κ3) is 1.37. The molecular weight excluding hydrogens is 146 g/mol. The lowest BCUT2D eigenvalue weighted by Gasteiger charge is -2.23. The lowest BCUT2D eigenvalue weighted by Crippen LogP contribution is -3.04. The largest absolute Gasteiger partial charge is 0.462 e. The standard InChI is InChI=1S/C11H15N/c1-12-9-5-8-11(12)10-6-3-2-4-7-10/h2-4,6-7,11-12H,1,5,8-9H2. The van der Waals surface area contributed by atoms with Crippen LogP contribution in [-0.2, 0) is 0 Å². The Morgan fingerprint density at radius 2 is 2.00 bits per heavy atom. The zero-order chi connectivity index (χ0) is 8.39. The van der Waals surface area contributed by atoms with Crippen LogP contribution in [0, 0.1) is 7.05 Å². The highest BCUT2D eigenvalue weighted by atomic mass is 15.1. The number of hydrogen-bond donors (Lipinski definition) is 1. The van der Waals surface area contributed by atoms with Crippen molar-refractivity contribution < 1.29 is 4.90 Å². The van der Waals surface area contributed by atoms with Gasteiger partial charge in [0.05, 0.1) is 12.6 Å². The molecule has 2 atom stereocenters. The molecule has 1 N–H and O–H groups in total. The molecule has 0 saturated carbocycles. The minimum atomic E-state index is 0.645. The summed E-state index contributed by atoms with van der Waals surface area (Å²) in [6.07, 6.45) is 2.61. The Hall–Kier alpha value is -0.820. The molecule has 0 aliphatic carbocycles. The molecule has 1 aromatic rings. The monoisotopic (exact) mass is 161 g/mol. The average Bonchev–Trinajstić information content (AvgIpc) is 2.53. The summed E-state index contributed by atoms with van der Waals surface area (Å²) in [4.78, 5) is 1.42. The van der Waals surface area contributed by atoms with Crippen LogP contribution in [0.5, 0.6) is 0 Å². The minimum Gasteiger partial charge on any atom is -0.462 e. The van der Waals surface area contributed by atoms with Crippen molar-refractivity contribution in [2.45, 2.75) is 18.9 Å². The van der Waals surface area contributed by atoms with Gasteiger partial charge < -0.3 is 4.90 Å². The summed E-state index contributed by atoms with van der Waals surface area (Å²) in [6.45, 7) is 1.22. The van der Waals surface area contributed by atoms with Gasteiger partial charge in [-0.05, 0) is 0 Å². The summed E-state index contributed by atoms with van der Waals surface area (Å²) in [7, 11) is 4.11. The summed E-state index contributed by atoms with van der Waals surface area (Å²) in [5, 5.41) is 0. The Bertz CT molecular complexity index is 242. The van der Waals surface area contributed by atoms with E-state index >= 15 is 0 Å². The summed E-state index contributed by atoms with van der Waals surface area (Å²) in [6, 6.07) is 11.4. The first-order valence-corrected chi connectivity index (χ1v) is 4.60. The first kappa shape index (κ1) is 7.81. The van der Waals surface area contributed by atoms with Crippen molar-refractivity contribution in [2.75, 3.05) is 6.54 Å². The van der Waals surface area contributed by atoms with Gasteiger partial charge in [-0.25, -0.2) is 0 Å². The van der Waals surface area contributed by atoms with Crippen molar-refractivity contribution in [1.82, 2.24) is 0 Å². The first-order valence-electron chi connectivity index (χ1n) is 4.60. The third-order valence-electron chi connectivity index (χ3n) is 2.69. The lowest BCUT2D eigenvalue weighted by molar-refractivity contribution is -0.872. The van der Waals surface area contributed by atoms with Gasteiger partial charge in [-0.3, -0.25) is 0 Å². The highest BCUT2D eigenvalue weighted by Gasteiger charge is 2.22. The Morgan fingerprint density at radius 1 is 1.25 bits per heavy atom. The molecule has 0 radical (unpaired) electrons. The van der Waals surface area contributed by atoms with Crippen molar-refractivity contribution in [3.63, 3.8) is 0 Å². The summed E-state index contributed by atoms with van der Waals surface area (Å²) < 4.78 is 0. The molecule has 2 rings (SSSR count). The maximum Gasteiger partial charge on any atom is 0.0893 e. The normalized spacial score (nSPS) is 29.1. The molecule has 0 bridgehead atoms. The van der Waals surface area contributed by atoms with Gasteiger partial charge in [-0.2, -0.15) is 7.05 Å². The van der Waals surface area contributed by atoms with Gasteiger partial charge >= 0.3 is 0 Å². The Kier molecular flexibility index (Phi) is 2.13. The molecule has 1 aliphatic rings. The fourth-order valence-electron chi connectivity index (χ4n) is 2.00. The molecule has 1 nitrogen and oxygen atoms in total. The summed E-state index contributed by atoms with van der Waals surface area (Å²) >= 11 is 0. The number of rotatable bonds is 1. The van der Waals surface area contributed by atoms with E-state index in [-0.39, 0.29) is 0 Å². The molecule has 2 unspecified atom stereocenters. The van der Waals surface area contributed by atoms with Crippen LogP contribution in [-0.4, -0.2) is 6.54 Å². The fraction of sp³-hybridized carbons (Fsp3) is 0.364. The van der Waals surface area contributed by atoms with Gasteiger partial charge in [-0.1, -0.05) is 30.3 Å². The lowest BCUT2D eigenvalue weighted by atomic mass is 10.1. The minimum absolute atomic E-state index is 0.645. The van der Waals surface area contributed by atoms with Crippen molar-refractivity contribution in [3.05, 3.63) is 42.9 Å². The Labute approximate surface area is 74.0 Å². The van der Waals surface area contributed by atoms with Gasteiger partial charge in [0, 0.05) is 18.4 Å². The second-order valence-corrected chi connectivity index (χ2v) is 3.51. The molecule has 1 saturated heterocycles. The van der Waals surface area contributed by atoms with Crippen molar-refractivity contribution in [2.24, 2.45) is 0 Å². The molecule has 0 spiro atoms. The second-order valence-electron chi connectivity index (χ2n) is 3.51. The van der Waals surface area contributed by atoms with Gasteiger partial charge in [-0.15, -0.1) is 0 Å². The van der Waals surface area contributed by atoms with Crippen LogP contribution in [0.2, 0.25) is 0 Å². The second kappa shape index (κ2) is 3.28. The van der Waals surface area contributed by atoms with Crippen molar-refractivity contribution in [3.8, 4) is 0 Å². The van der Waals surface area contributed by atoms with Crippen molar-refractivity contribution >= 4 is 0 Å². The van der Waals surface area contributed by atoms with Crippen LogP contribution in [0.3, 0.4) is 0 Å². The molecule has 1 fully saturated rings. The topological polar surface area (TPSA) is 4.44 Å².